The monoisotopic (exact) mass is 314 g/mol. The molecule has 22 heavy (non-hydrogen) atoms. The molecule has 0 unspecified atom stereocenters. The van der Waals surface area contributed by atoms with Gasteiger partial charge >= 0.3 is 0 Å². The summed E-state index contributed by atoms with van der Waals surface area (Å²) < 4.78 is 0. The van der Waals surface area contributed by atoms with Crippen molar-refractivity contribution in [2.24, 2.45) is 0 Å². The topological polar surface area (TPSA) is 56.0 Å². The van der Waals surface area contributed by atoms with Gasteiger partial charge in [0.25, 0.3) is 5.69 Å². The Morgan fingerprint density at radius 3 is 2.82 bits per heavy atom. The first-order valence-electron chi connectivity index (χ1n) is 7.54. The predicted octanol–water partition coefficient (Wildman–Crippen LogP) is 5.16. The van der Waals surface area contributed by atoms with Crippen LogP contribution in [0.3, 0.4) is 0 Å². The van der Waals surface area contributed by atoms with Gasteiger partial charge in [-0.25, -0.2) is 4.98 Å². The van der Waals surface area contributed by atoms with Crippen molar-refractivity contribution in [2.75, 3.05) is 0 Å². The highest BCUT2D eigenvalue weighted by Gasteiger charge is 2.19. The van der Waals surface area contributed by atoms with Gasteiger partial charge in [0.2, 0.25) is 0 Å². The molecule has 1 aliphatic rings. The molecule has 114 valence electrons. The summed E-state index contributed by atoms with van der Waals surface area (Å²) in [5, 5.41) is 13.9. The summed E-state index contributed by atoms with van der Waals surface area (Å²) in [5.74, 6) is 0.566. The minimum absolute atomic E-state index is 0.0858. The first-order valence-corrected chi connectivity index (χ1v) is 8.42. The maximum Gasteiger partial charge on any atom is 0.270 e. The van der Waals surface area contributed by atoms with Crippen LogP contribution in [0.2, 0.25) is 0 Å². The van der Waals surface area contributed by atoms with E-state index >= 15 is 0 Å². The third-order valence-electron chi connectivity index (χ3n) is 4.21. The summed E-state index contributed by atoms with van der Waals surface area (Å²) in [6, 6.07) is 6.58. The van der Waals surface area contributed by atoms with E-state index < -0.39 is 0 Å². The number of non-ortho nitro benzene ring substituents is 1. The molecule has 0 atom stereocenters. The Morgan fingerprint density at radius 1 is 1.32 bits per heavy atom. The van der Waals surface area contributed by atoms with Crippen LogP contribution in [-0.2, 0) is 0 Å². The number of aromatic nitrogens is 1. The van der Waals surface area contributed by atoms with Crippen molar-refractivity contribution in [1.82, 2.24) is 4.98 Å². The number of thiazole rings is 1. The molecule has 1 aromatic carbocycles. The molecule has 2 aromatic rings. The molecule has 0 saturated heterocycles. The summed E-state index contributed by atoms with van der Waals surface area (Å²) in [7, 11) is 0. The van der Waals surface area contributed by atoms with Crippen molar-refractivity contribution in [3.8, 4) is 0 Å². The lowest BCUT2D eigenvalue weighted by Gasteiger charge is -2.19. The van der Waals surface area contributed by atoms with Crippen LogP contribution in [-0.4, -0.2) is 9.91 Å². The zero-order chi connectivity index (χ0) is 15.5. The van der Waals surface area contributed by atoms with Crippen LogP contribution in [0.4, 0.5) is 5.69 Å². The molecular weight excluding hydrogens is 296 g/mol. The van der Waals surface area contributed by atoms with Crippen LogP contribution >= 0.6 is 11.3 Å². The van der Waals surface area contributed by atoms with E-state index in [1.807, 2.05) is 6.07 Å². The second-order valence-electron chi connectivity index (χ2n) is 5.70. The minimum atomic E-state index is -0.383. The van der Waals surface area contributed by atoms with E-state index in [1.54, 1.807) is 23.5 Å². The molecule has 1 saturated carbocycles. The Labute approximate surface area is 133 Å². The Morgan fingerprint density at radius 2 is 2.09 bits per heavy atom. The zero-order valence-corrected chi connectivity index (χ0v) is 13.1. The first-order chi connectivity index (χ1) is 10.6. The zero-order valence-electron chi connectivity index (χ0n) is 12.3. The van der Waals surface area contributed by atoms with E-state index in [0.29, 0.717) is 5.92 Å². The van der Waals surface area contributed by atoms with Gasteiger partial charge in [-0.1, -0.05) is 38.0 Å². The molecule has 0 spiro atoms. The average Bonchev–Trinajstić information content (AvgIpc) is 3.05. The maximum atomic E-state index is 10.9. The summed E-state index contributed by atoms with van der Waals surface area (Å²) in [6.07, 6.45) is 6.32. The second-order valence-corrected chi connectivity index (χ2v) is 6.56. The second kappa shape index (κ2) is 6.40. The Hall–Kier alpha value is -2.01. The number of nitro benzene ring substituents is 1. The summed E-state index contributed by atoms with van der Waals surface area (Å²) in [5.41, 5.74) is 2.77. The van der Waals surface area contributed by atoms with E-state index in [9.17, 15) is 10.1 Å². The molecule has 0 amide bonds. The predicted molar refractivity (Wildman–Crippen MR) is 89.2 cm³/mol. The lowest BCUT2D eigenvalue weighted by molar-refractivity contribution is -0.384. The Kier molecular flexibility index (Phi) is 4.34. The summed E-state index contributed by atoms with van der Waals surface area (Å²) in [6.45, 7) is 4.08. The first kappa shape index (κ1) is 14.9. The van der Waals surface area contributed by atoms with Crippen molar-refractivity contribution >= 4 is 22.6 Å². The van der Waals surface area contributed by atoms with Gasteiger partial charge in [-0.2, -0.15) is 0 Å². The van der Waals surface area contributed by atoms with Gasteiger partial charge in [-0.3, -0.25) is 10.1 Å². The van der Waals surface area contributed by atoms with Crippen LogP contribution < -0.4 is 0 Å². The van der Waals surface area contributed by atoms with Gasteiger partial charge in [0.05, 0.1) is 10.6 Å². The molecule has 0 bridgehead atoms. The SMILES string of the molecule is C=C(c1cccc([N+](=O)[O-])c1)c1nc(C2CCCCC2)cs1. The Balaban J connectivity index is 1.82. The molecule has 3 rings (SSSR count). The van der Waals surface area contributed by atoms with Gasteiger partial charge in [0, 0.05) is 29.0 Å². The summed E-state index contributed by atoms with van der Waals surface area (Å²) in [4.78, 5) is 15.2. The standard InChI is InChI=1S/C17H18N2O2S/c1-12(14-8-5-9-15(10-14)19(20)21)17-18-16(11-22-17)13-6-3-2-4-7-13/h5,8-11,13H,1-4,6-7H2. The van der Waals surface area contributed by atoms with Gasteiger partial charge in [-0.05, 0) is 18.4 Å². The van der Waals surface area contributed by atoms with Crippen LogP contribution in [0.1, 0.15) is 54.3 Å². The largest absolute Gasteiger partial charge is 0.270 e. The van der Waals surface area contributed by atoms with Crippen LogP contribution in [0.5, 0.6) is 0 Å². The molecule has 5 heteroatoms. The molecule has 1 fully saturated rings. The number of nitrogens with zero attached hydrogens (tertiary/aromatic N) is 2. The van der Waals surface area contributed by atoms with Crippen molar-refractivity contribution in [2.45, 2.75) is 38.0 Å². The normalized spacial score (nSPS) is 15.6. The third kappa shape index (κ3) is 3.09. The van der Waals surface area contributed by atoms with Crippen molar-refractivity contribution in [3.05, 3.63) is 62.6 Å². The fourth-order valence-electron chi connectivity index (χ4n) is 2.94. The van der Waals surface area contributed by atoms with Gasteiger partial charge < -0.3 is 0 Å². The van der Waals surface area contributed by atoms with Gasteiger partial charge in [-0.15, -0.1) is 11.3 Å². The third-order valence-corrected chi connectivity index (χ3v) is 5.13. The fraction of sp³-hybridized carbons (Fsp3) is 0.353. The molecule has 0 radical (unpaired) electrons. The quantitative estimate of drug-likeness (QED) is 0.578. The van der Waals surface area contributed by atoms with E-state index in [1.165, 1.54) is 38.2 Å². The molecule has 0 N–H and O–H groups in total. The number of rotatable bonds is 4. The smallest absolute Gasteiger partial charge is 0.258 e. The lowest BCUT2D eigenvalue weighted by atomic mass is 9.87. The van der Waals surface area contributed by atoms with E-state index in [4.69, 9.17) is 4.98 Å². The lowest BCUT2D eigenvalue weighted by Crippen LogP contribution is -2.04. The molecule has 1 aliphatic carbocycles. The highest BCUT2D eigenvalue weighted by Crippen LogP contribution is 2.35. The van der Waals surface area contributed by atoms with Crippen LogP contribution in [0.25, 0.3) is 5.57 Å². The fourth-order valence-corrected chi connectivity index (χ4v) is 3.84. The van der Waals surface area contributed by atoms with E-state index in [0.717, 1.165) is 21.8 Å². The highest BCUT2D eigenvalue weighted by molar-refractivity contribution is 7.10. The number of hydrogen-bond acceptors (Lipinski definition) is 4. The van der Waals surface area contributed by atoms with E-state index in [2.05, 4.69) is 12.0 Å². The number of hydrogen-bond donors (Lipinski definition) is 0. The van der Waals surface area contributed by atoms with Crippen molar-refractivity contribution in [1.29, 1.82) is 0 Å². The Bertz CT molecular complexity index is 702. The van der Waals surface area contributed by atoms with Gasteiger partial charge in [0.15, 0.2) is 0 Å². The maximum absolute atomic E-state index is 10.9. The molecule has 1 heterocycles. The van der Waals surface area contributed by atoms with Crippen LogP contribution in [0, 0.1) is 10.1 Å². The van der Waals surface area contributed by atoms with E-state index in [-0.39, 0.29) is 10.6 Å². The van der Waals surface area contributed by atoms with Gasteiger partial charge in [0.1, 0.15) is 5.01 Å². The molecular formula is C17H18N2O2S. The minimum Gasteiger partial charge on any atom is -0.258 e. The highest BCUT2D eigenvalue weighted by atomic mass is 32.1. The number of benzene rings is 1. The number of nitro groups is 1. The average molecular weight is 314 g/mol. The molecule has 4 nitrogen and oxygen atoms in total. The van der Waals surface area contributed by atoms with Crippen LogP contribution in [0.15, 0.2) is 36.2 Å². The van der Waals surface area contributed by atoms with Crippen molar-refractivity contribution in [3.63, 3.8) is 0 Å². The molecule has 1 aromatic heterocycles. The van der Waals surface area contributed by atoms with Crippen molar-refractivity contribution < 1.29 is 4.92 Å². The summed E-state index contributed by atoms with van der Waals surface area (Å²) >= 11 is 1.58. The molecule has 0 aliphatic heterocycles.